The molecule has 1 nitrogen and oxygen atoms in total. The standard InChI is InChI=1S/C8H14OS2/c1-9-8-6-4-2-3-5-7(8)11-10-6/h6-8H,2-5H2,1H3. The highest BCUT2D eigenvalue weighted by Crippen LogP contribution is 2.50. The molecule has 64 valence electrons. The summed E-state index contributed by atoms with van der Waals surface area (Å²) in [5.41, 5.74) is 0. The first-order chi connectivity index (χ1) is 5.42. The Kier molecular flexibility index (Phi) is 2.69. The van der Waals surface area contributed by atoms with Crippen LogP contribution in [0.25, 0.3) is 0 Å². The molecule has 2 unspecified atom stereocenters. The van der Waals surface area contributed by atoms with Crippen molar-refractivity contribution in [1.82, 2.24) is 0 Å². The van der Waals surface area contributed by atoms with Crippen LogP contribution in [0.3, 0.4) is 0 Å². The monoisotopic (exact) mass is 190 g/mol. The second-order valence-electron chi connectivity index (χ2n) is 3.25. The zero-order chi connectivity index (χ0) is 7.68. The molecular weight excluding hydrogens is 176 g/mol. The molecule has 1 aliphatic heterocycles. The maximum absolute atomic E-state index is 5.52. The highest BCUT2D eigenvalue weighted by Gasteiger charge is 2.38. The number of hydrogen-bond donors (Lipinski definition) is 0. The maximum atomic E-state index is 5.52. The van der Waals surface area contributed by atoms with Crippen LogP contribution in [-0.2, 0) is 4.74 Å². The first-order valence-corrected chi connectivity index (χ1v) is 6.54. The summed E-state index contributed by atoms with van der Waals surface area (Å²) in [5, 5.41) is 1.58. The molecule has 0 N–H and O–H groups in total. The molecule has 0 spiro atoms. The molecule has 1 heterocycles. The lowest BCUT2D eigenvalue weighted by molar-refractivity contribution is 0.102. The van der Waals surface area contributed by atoms with Crippen molar-refractivity contribution in [2.24, 2.45) is 0 Å². The van der Waals surface area contributed by atoms with Crippen LogP contribution in [0.15, 0.2) is 0 Å². The van der Waals surface area contributed by atoms with E-state index in [-0.39, 0.29) is 0 Å². The van der Waals surface area contributed by atoms with Crippen molar-refractivity contribution in [3.05, 3.63) is 0 Å². The van der Waals surface area contributed by atoms with E-state index in [4.69, 9.17) is 4.74 Å². The Morgan fingerprint density at radius 1 is 1.09 bits per heavy atom. The van der Waals surface area contributed by atoms with Crippen LogP contribution in [0, 0.1) is 0 Å². The molecule has 0 aromatic heterocycles. The van der Waals surface area contributed by atoms with Gasteiger partial charge >= 0.3 is 0 Å². The Bertz CT molecular complexity index is 126. The van der Waals surface area contributed by atoms with E-state index in [1.54, 1.807) is 0 Å². The second kappa shape index (κ2) is 3.58. The smallest absolute Gasteiger partial charge is 0.0824 e. The van der Waals surface area contributed by atoms with Crippen molar-refractivity contribution >= 4 is 21.6 Å². The Labute approximate surface area is 76.0 Å². The summed E-state index contributed by atoms with van der Waals surface area (Å²) in [5.74, 6) is 0. The number of methoxy groups -OCH3 is 1. The van der Waals surface area contributed by atoms with Gasteiger partial charge in [-0.3, -0.25) is 0 Å². The van der Waals surface area contributed by atoms with E-state index in [0.717, 1.165) is 10.5 Å². The Morgan fingerprint density at radius 2 is 1.64 bits per heavy atom. The minimum absolute atomic E-state index is 0.549. The van der Waals surface area contributed by atoms with Crippen molar-refractivity contribution in [2.75, 3.05) is 7.11 Å². The molecule has 2 rings (SSSR count). The maximum Gasteiger partial charge on any atom is 0.0824 e. The number of rotatable bonds is 1. The first-order valence-electron chi connectivity index (χ1n) is 4.27. The van der Waals surface area contributed by atoms with E-state index in [0.29, 0.717) is 6.10 Å². The summed E-state index contributed by atoms with van der Waals surface area (Å²) < 4.78 is 5.52. The van der Waals surface area contributed by atoms with Gasteiger partial charge in [-0.2, -0.15) is 0 Å². The zero-order valence-corrected chi connectivity index (χ0v) is 8.42. The van der Waals surface area contributed by atoms with Gasteiger partial charge in [0.2, 0.25) is 0 Å². The molecule has 2 aliphatic rings. The third-order valence-corrected chi connectivity index (χ3v) is 5.96. The predicted molar refractivity (Wildman–Crippen MR) is 52.0 cm³/mol. The lowest BCUT2D eigenvalue weighted by atomic mass is 10.1. The van der Waals surface area contributed by atoms with Crippen molar-refractivity contribution in [3.8, 4) is 0 Å². The summed E-state index contributed by atoms with van der Waals surface area (Å²) >= 11 is 0. The number of ether oxygens (including phenoxy) is 1. The van der Waals surface area contributed by atoms with Gasteiger partial charge in [-0.15, -0.1) is 0 Å². The summed E-state index contributed by atoms with van der Waals surface area (Å²) in [6.45, 7) is 0. The van der Waals surface area contributed by atoms with E-state index < -0.39 is 0 Å². The van der Waals surface area contributed by atoms with Gasteiger partial charge in [0, 0.05) is 17.6 Å². The fourth-order valence-electron chi connectivity index (χ4n) is 1.91. The van der Waals surface area contributed by atoms with Crippen molar-refractivity contribution in [1.29, 1.82) is 0 Å². The molecule has 0 aromatic rings. The predicted octanol–water partition coefficient (Wildman–Crippen LogP) is 2.71. The van der Waals surface area contributed by atoms with E-state index >= 15 is 0 Å². The van der Waals surface area contributed by atoms with Gasteiger partial charge < -0.3 is 4.74 Å². The van der Waals surface area contributed by atoms with Gasteiger partial charge in [-0.05, 0) is 12.8 Å². The molecule has 2 bridgehead atoms. The molecule has 2 atom stereocenters. The summed E-state index contributed by atoms with van der Waals surface area (Å²) in [6, 6.07) is 0. The fourth-order valence-corrected chi connectivity index (χ4v) is 5.73. The lowest BCUT2D eigenvalue weighted by Gasteiger charge is -2.17. The highest BCUT2D eigenvalue weighted by molar-refractivity contribution is 8.77. The van der Waals surface area contributed by atoms with Gasteiger partial charge in [0.15, 0.2) is 0 Å². The van der Waals surface area contributed by atoms with Gasteiger partial charge in [0.25, 0.3) is 0 Å². The Hall–Kier alpha value is 0.660. The van der Waals surface area contributed by atoms with Crippen LogP contribution >= 0.6 is 21.6 Å². The third-order valence-electron chi connectivity index (χ3n) is 2.54. The normalized spacial score (nSPS) is 43.9. The van der Waals surface area contributed by atoms with Crippen molar-refractivity contribution in [3.63, 3.8) is 0 Å². The van der Waals surface area contributed by atoms with Gasteiger partial charge in [0.1, 0.15) is 0 Å². The average Bonchev–Trinajstić information content (AvgIpc) is 2.23. The van der Waals surface area contributed by atoms with Gasteiger partial charge in [-0.1, -0.05) is 34.4 Å². The summed E-state index contributed by atoms with van der Waals surface area (Å²) in [6.07, 6.45) is 6.11. The van der Waals surface area contributed by atoms with Crippen LogP contribution in [-0.4, -0.2) is 23.7 Å². The summed E-state index contributed by atoms with van der Waals surface area (Å²) in [7, 11) is 5.96. The molecule has 0 aromatic carbocycles. The molecular formula is C8H14OS2. The second-order valence-corrected chi connectivity index (χ2v) is 6.00. The molecule has 1 saturated heterocycles. The minimum atomic E-state index is 0.549. The van der Waals surface area contributed by atoms with Crippen molar-refractivity contribution < 1.29 is 4.74 Å². The van der Waals surface area contributed by atoms with E-state index in [1.807, 2.05) is 7.11 Å². The Balaban J connectivity index is 2.06. The molecule has 3 heteroatoms. The zero-order valence-electron chi connectivity index (χ0n) is 6.79. The fraction of sp³-hybridized carbons (Fsp3) is 1.00. The van der Waals surface area contributed by atoms with Crippen LogP contribution in [0.5, 0.6) is 0 Å². The summed E-state index contributed by atoms with van der Waals surface area (Å²) in [4.78, 5) is 0. The van der Waals surface area contributed by atoms with E-state index in [1.165, 1.54) is 25.7 Å². The van der Waals surface area contributed by atoms with Crippen LogP contribution < -0.4 is 0 Å². The first kappa shape index (κ1) is 8.27. The molecule has 0 amide bonds. The largest absolute Gasteiger partial charge is 0.379 e. The van der Waals surface area contributed by atoms with E-state index in [2.05, 4.69) is 21.6 Å². The van der Waals surface area contributed by atoms with Crippen LogP contribution in [0.2, 0.25) is 0 Å². The SMILES string of the molecule is COC1C2CCCCC1SS2. The van der Waals surface area contributed by atoms with Gasteiger partial charge in [-0.25, -0.2) is 0 Å². The molecule has 0 radical (unpaired) electrons. The Morgan fingerprint density at radius 3 is 2.09 bits per heavy atom. The number of fused-ring (bicyclic) bond motifs is 2. The average molecular weight is 190 g/mol. The van der Waals surface area contributed by atoms with Gasteiger partial charge in [0.05, 0.1) is 6.10 Å². The molecule has 1 aliphatic carbocycles. The quantitative estimate of drug-likeness (QED) is 0.588. The number of hydrogen-bond acceptors (Lipinski definition) is 3. The molecule has 11 heavy (non-hydrogen) atoms. The van der Waals surface area contributed by atoms with Crippen LogP contribution in [0.1, 0.15) is 25.7 Å². The van der Waals surface area contributed by atoms with Crippen LogP contribution in [0.4, 0.5) is 0 Å². The third kappa shape index (κ3) is 1.56. The van der Waals surface area contributed by atoms with E-state index in [9.17, 15) is 0 Å². The molecule has 1 saturated carbocycles. The topological polar surface area (TPSA) is 9.23 Å². The van der Waals surface area contributed by atoms with Crippen molar-refractivity contribution in [2.45, 2.75) is 42.3 Å². The lowest BCUT2D eigenvalue weighted by Crippen LogP contribution is -2.27. The minimum Gasteiger partial charge on any atom is -0.379 e. The highest BCUT2D eigenvalue weighted by atomic mass is 33.1. The molecule has 2 fully saturated rings.